The van der Waals surface area contributed by atoms with Gasteiger partial charge in [-0.25, -0.2) is 0 Å². The molecule has 1 saturated carbocycles. The van der Waals surface area contributed by atoms with Gasteiger partial charge in [0.2, 0.25) is 5.91 Å². The summed E-state index contributed by atoms with van der Waals surface area (Å²) in [5.74, 6) is 0.961. The molecule has 1 aromatic carbocycles. The summed E-state index contributed by atoms with van der Waals surface area (Å²) in [4.78, 5) is 12.2. The number of thioether (sulfide) groups is 1. The summed E-state index contributed by atoms with van der Waals surface area (Å²) in [7, 11) is 0. The van der Waals surface area contributed by atoms with Crippen LogP contribution in [0.1, 0.15) is 71.9 Å². The van der Waals surface area contributed by atoms with Gasteiger partial charge < -0.3 is 5.32 Å². The molecule has 0 bridgehead atoms. The van der Waals surface area contributed by atoms with Gasteiger partial charge in [0, 0.05) is 18.2 Å². The maximum absolute atomic E-state index is 12.2. The molecule has 3 rings (SSSR count). The topological polar surface area (TPSA) is 59.8 Å². The number of hydrogen-bond acceptors (Lipinski definition) is 4. The monoisotopic (exact) mass is 400 g/mol. The molecule has 1 heterocycles. The zero-order valence-corrected chi connectivity index (χ0v) is 18.5. The first kappa shape index (κ1) is 20.9. The average molecular weight is 401 g/mol. The molecule has 1 aliphatic rings. The van der Waals surface area contributed by atoms with Crippen LogP contribution in [-0.2, 0) is 10.2 Å². The normalized spacial score (nSPS) is 16.3. The lowest BCUT2D eigenvalue weighted by Gasteiger charge is -2.20. The lowest BCUT2D eigenvalue weighted by molar-refractivity contribution is -0.120. The number of rotatable bonds is 6. The number of carbonyl (C=O) groups excluding carboxylic acids is 1. The third kappa shape index (κ3) is 4.59. The van der Waals surface area contributed by atoms with E-state index in [0.717, 1.165) is 29.4 Å². The van der Waals surface area contributed by atoms with E-state index in [9.17, 15) is 4.79 Å². The van der Waals surface area contributed by atoms with Crippen molar-refractivity contribution in [2.24, 2.45) is 0 Å². The van der Waals surface area contributed by atoms with E-state index in [4.69, 9.17) is 0 Å². The highest BCUT2D eigenvalue weighted by Crippen LogP contribution is 2.38. The molecular formula is C22H32N4OS. The van der Waals surface area contributed by atoms with Gasteiger partial charge in [0.05, 0.1) is 5.25 Å². The van der Waals surface area contributed by atoms with Crippen molar-refractivity contribution in [3.05, 3.63) is 29.8 Å². The Bertz CT molecular complexity index is 801. The van der Waals surface area contributed by atoms with Crippen LogP contribution in [0.25, 0.3) is 11.4 Å². The van der Waals surface area contributed by atoms with Gasteiger partial charge in [-0.3, -0.25) is 9.36 Å². The number of carbonyl (C=O) groups is 1. The molecule has 1 aliphatic carbocycles. The van der Waals surface area contributed by atoms with Crippen molar-refractivity contribution in [2.75, 3.05) is 6.54 Å². The van der Waals surface area contributed by atoms with E-state index >= 15 is 0 Å². The van der Waals surface area contributed by atoms with Gasteiger partial charge >= 0.3 is 0 Å². The Hall–Kier alpha value is -1.82. The van der Waals surface area contributed by atoms with Crippen molar-refractivity contribution in [1.29, 1.82) is 0 Å². The van der Waals surface area contributed by atoms with Crippen LogP contribution in [0.4, 0.5) is 0 Å². The van der Waals surface area contributed by atoms with Gasteiger partial charge in [0.25, 0.3) is 0 Å². The minimum atomic E-state index is -0.194. The summed E-state index contributed by atoms with van der Waals surface area (Å²) < 4.78 is 2.28. The summed E-state index contributed by atoms with van der Waals surface area (Å²) in [6, 6.07) is 9.09. The Morgan fingerprint density at radius 3 is 2.43 bits per heavy atom. The summed E-state index contributed by atoms with van der Waals surface area (Å²) in [5, 5.41) is 12.6. The molecule has 1 fully saturated rings. The first-order valence-corrected chi connectivity index (χ1v) is 11.2. The summed E-state index contributed by atoms with van der Waals surface area (Å²) in [6.45, 7) is 11.2. The molecule has 2 aromatic rings. The highest BCUT2D eigenvalue weighted by atomic mass is 32.2. The summed E-state index contributed by atoms with van der Waals surface area (Å²) >= 11 is 1.51. The van der Waals surface area contributed by atoms with Crippen LogP contribution in [0.2, 0.25) is 0 Å². The average Bonchev–Trinajstić information content (AvgIpc) is 3.30. The summed E-state index contributed by atoms with van der Waals surface area (Å²) in [6.07, 6.45) is 4.77. The van der Waals surface area contributed by atoms with Gasteiger partial charge in [-0.1, -0.05) is 69.6 Å². The quantitative estimate of drug-likeness (QED) is 0.695. The molecule has 28 heavy (non-hydrogen) atoms. The molecule has 1 amide bonds. The molecule has 152 valence electrons. The van der Waals surface area contributed by atoms with E-state index in [1.165, 1.54) is 30.2 Å². The lowest BCUT2D eigenvalue weighted by Crippen LogP contribution is -2.30. The second-order valence-corrected chi connectivity index (χ2v) is 9.90. The molecular weight excluding hydrogens is 368 g/mol. The lowest BCUT2D eigenvalue weighted by atomic mass is 9.86. The van der Waals surface area contributed by atoms with Crippen LogP contribution in [0.5, 0.6) is 0 Å². The van der Waals surface area contributed by atoms with Gasteiger partial charge in [-0.2, -0.15) is 0 Å². The molecule has 0 saturated heterocycles. The number of nitrogens with one attached hydrogen (secondary N) is 1. The predicted molar refractivity (Wildman–Crippen MR) is 116 cm³/mol. The van der Waals surface area contributed by atoms with Crippen LogP contribution in [0.15, 0.2) is 29.4 Å². The second-order valence-electron chi connectivity index (χ2n) is 8.60. The Morgan fingerprint density at radius 2 is 1.86 bits per heavy atom. The Kier molecular flexibility index (Phi) is 6.48. The van der Waals surface area contributed by atoms with Crippen LogP contribution in [0, 0.1) is 0 Å². The Morgan fingerprint density at radius 1 is 1.21 bits per heavy atom. The molecule has 1 aromatic heterocycles. The van der Waals surface area contributed by atoms with Crippen LogP contribution < -0.4 is 5.32 Å². The van der Waals surface area contributed by atoms with Crippen molar-refractivity contribution in [3.8, 4) is 11.4 Å². The molecule has 6 heteroatoms. The number of hydrogen-bond donors (Lipinski definition) is 1. The zero-order chi connectivity index (χ0) is 20.3. The van der Waals surface area contributed by atoms with Crippen molar-refractivity contribution in [2.45, 2.75) is 82.2 Å². The maximum atomic E-state index is 12.2. The molecule has 1 N–H and O–H groups in total. The third-order valence-electron chi connectivity index (χ3n) is 5.37. The first-order chi connectivity index (χ1) is 13.3. The van der Waals surface area contributed by atoms with Gasteiger partial charge in [-0.05, 0) is 37.7 Å². The number of aromatic nitrogens is 3. The fraction of sp³-hybridized carbons (Fsp3) is 0.591. The molecule has 0 unspecified atom stereocenters. The van der Waals surface area contributed by atoms with E-state index < -0.39 is 0 Å². The Balaban J connectivity index is 1.93. The number of nitrogens with zero attached hydrogens (tertiary/aromatic N) is 3. The highest BCUT2D eigenvalue weighted by Gasteiger charge is 2.27. The highest BCUT2D eigenvalue weighted by molar-refractivity contribution is 8.00. The second kappa shape index (κ2) is 8.68. The molecule has 1 atom stereocenters. The van der Waals surface area contributed by atoms with E-state index in [1.807, 2.05) is 13.8 Å². The molecule has 0 radical (unpaired) electrons. The third-order valence-corrected chi connectivity index (χ3v) is 6.42. The zero-order valence-electron chi connectivity index (χ0n) is 17.7. The van der Waals surface area contributed by atoms with Crippen molar-refractivity contribution < 1.29 is 4.79 Å². The van der Waals surface area contributed by atoms with Crippen LogP contribution in [0.3, 0.4) is 0 Å². The van der Waals surface area contributed by atoms with Gasteiger partial charge in [-0.15, -0.1) is 10.2 Å². The number of amides is 1. The SMILES string of the molecule is CCNC(=O)[C@H](C)Sc1nnc(-c2ccc(C(C)(C)C)cc2)n1C1CCCC1. The largest absolute Gasteiger partial charge is 0.355 e. The van der Waals surface area contributed by atoms with Crippen LogP contribution >= 0.6 is 11.8 Å². The number of benzene rings is 1. The minimum Gasteiger partial charge on any atom is -0.355 e. The summed E-state index contributed by atoms with van der Waals surface area (Å²) in [5.41, 5.74) is 2.52. The van der Waals surface area contributed by atoms with Crippen LogP contribution in [-0.4, -0.2) is 32.5 Å². The van der Waals surface area contributed by atoms with E-state index in [2.05, 4.69) is 65.1 Å². The van der Waals surface area contributed by atoms with Crippen molar-refractivity contribution in [3.63, 3.8) is 0 Å². The van der Waals surface area contributed by atoms with E-state index in [-0.39, 0.29) is 16.6 Å². The molecule has 5 nitrogen and oxygen atoms in total. The molecule has 0 aliphatic heterocycles. The standard InChI is InChI=1S/C22H32N4OS/c1-6-23-20(27)15(2)28-21-25-24-19(26(21)18-9-7-8-10-18)16-11-13-17(14-12-16)22(3,4)5/h11-15,18H,6-10H2,1-5H3,(H,23,27)/t15-/m0/s1. The predicted octanol–water partition coefficient (Wildman–Crippen LogP) is 4.97. The minimum absolute atomic E-state index is 0.0459. The maximum Gasteiger partial charge on any atom is 0.233 e. The van der Waals surface area contributed by atoms with Gasteiger partial charge in [0.1, 0.15) is 0 Å². The van der Waals surface area contributed by atoms with E-state index in [1.54, 1.807) is 0 Å². The molecule has 0 spiro atoms. The first-order valence-electron chi connectivity index (χ1n) is 10.3. The van der Waals surface area contributed by atoms with Gasteiger partial charge in [0.15, 0.2) is 11.0 Å². The van der Waals surface area contributed by atoms with Crippen molar-refractivity contribution >= 4 is 17.7 Å². The van der Waals surface area contributed by atoms with E-state index in [0.29, 0.717) is 12.6 Å². The fourth-order valence-electron chi connectivity index (χ4n) is 3.69. The fourth-order valence-corrected chi connectivity index (χ4v) is 4.64. The van der Waals surface area contributed by atoms with Crippen molar-refractivity contribution in [1.82, 2.24) is 20.1 Å². The Labute approximate surface area is 172 Å². The smallest absolute Gasteiger partial charge is 0.233 e.